The van der Waals surface area contributed by atoms with Gasteiger partial charge in [-0.05, 0) is 35.4 Å². The van der Waals surface area contributed by atoms with Gasteiger partial charge >= 0.3 is 0 Å². The SMILES string of the molecule is Cn1c(SCc2cccc(Cl)c2)nc(=O)c2c1NC(=O)CC2c1ccc(F)cc1. The first kappa shape index (κ1) is 19.7. The summed E-state index contributed by atoms with van der Waals surface area (Å²) in [6.07, 6.45) is 0.116. The molecule has 4 rings (SSSR count). The van der Waals surface area contributed by atoms with Gasteiger partial charge in [0.05, 0.1) is 5.56 Å². The van der Waals surface area contributed by atoms with E-state index in [4.69, 9.17) is 11.6 Å². The number of nitrogens with zero attached hydrogens (tertiary/aromatic N) is 2. The van der Waals surface area contributed by atoms with Gasteiger partial charge in [-0.2, -0.15) is 4.98 Å². The molecule has 8 heteroatoms. The minimum atomic E-state index is -0.461. The van der Waals surface area contributed by atoms with E-state index in [1.807, 2.05) is 18.2 Å². The number of hydrogen-bond donors (Lipinski definition) is 1. The standard InChI is InChI=1S/C21H17ClFN3O2S/c1-26-19-18(16(10-17(27)24-19)13-5-7-15(23)8-6-13)20(28)25-21(26)29-11-12-3-2-4-14(22)9-12/h2-9,16H,10-11H2,1H3,(H,24,27). The van der Waals surface area contributed by atoms with Crippen molar-refractivity contribution in [1.29, 1.82) is 0 Å². The summed E-state index contributed by atoms with van der Waals surface area (Å²) in [7, 11) is 1.76. The van der Waals surface area contributed by atoms with Crippen LogP contribution < -0.4 is 10.9 Å². The maximum atomic E-state index is 13.3. The molecule has 2 heterocycles. The highest BCUT2D eigenvalue weighted by atomic mass is 35.5. The van der Waals surface area contributed by atoms with E-state index in [-0.39, 0.29) is 23.7 Å². The molecule has 1 N–H and O–H groups in total. The number of benzene rings is 2. The third-order valence-corrected chi connectivity index (χ3v) is 6.17. The third kappa shape index (κ3) is 4.06. The molecule has 5 nitrogen and oxygen atoms in total. The first-order chi connectivity index (χ1) is 13.9. The van der Waals surface area contributed by atoms with E-state index >= 15 is 0 Å². The monoisotopic (exact) mass is 429 g/mol. The number of thioether (sulfide) groups is 1. The van der Waals surface area contributed by atoms with Crippen LogP contribution in [0.25, 0.3) is 0 Å². The van der Waals surface area contributed by atoms with Gasteiger partial charge in [-0.3, -0.25) is 9.59 Å². The van der Waals surface area contributed by atoms with E-state index in [0.717, 1.165) is 5.56 Å². The van der Waals surface area contributed by atoms with Crippen LogP contribution in [0.5, 0.6) is 0 Å². The lowest BCUT2D eigenvalue weighted by molar-refractivity contribution is -0.116. The lowest BCUT2D eigenvalue weighted by Crippen LogP contribution is -2.33. The molecule has 1 aliphatic rings. The Hall–Kier alpha value is -2.64. The fourth-order valence-electron chi connectivity index (χ4n) is 3.42. The van der Waals surface area contributed by atoms with Crippen LogP contribution in [0, 0.1) is 5.82 Å². The number of carbonyl (C=O) groups excluding carboxylic acids is 1. The highest BCUT2D eigenvalue weighted by Gasteiger charge is 2.32. The predicted molar refractivity (Wildman–Crippen MR) is 112 cm³/mol. The van der Waals surface area contributed by atoms with Gasteiger partial charge in [0.15, 0.2) is 5.16 Å². The van der Waals surface area contributed by atoms with Gasteiger partial charge in [-0.25, -0.2) is 4.39 Å². The minimum absolute atomic E-state index is 0.116. The summed E-state index contributed by atoms with van der Waals surface area (Å²) in [5.74, 6) is -0.0110. The molecule has 0 bridgehead atoms. The molecule has 1 aliphatic heterocycles. The van der Waals surface area contributed by atoms with Gasteiger partial charge in [-0.1, -0.05) is 47.6 Å². The third-order valence-electron chi connectivity index (χ3n) is 4.83. The van der Waals surface area contributed by atoms with Crippen LogP contribution >= 0.6 is 23.4 Å². The lowest BCUT2D eigenvalue weighted by Gasteiger charge is -2.27. The molecule has 0 radical (unpaired) electrons. The number of halogens is 2. The first-order valence-electron chi connectivity index (χ1n) is 8.96. The van der Waals surface area contributed by atoms with Crippen molar-refractivity contribution < 1.29 is 9.18 Å². The number of hydrogen-bond acceptors (Lipinski definition) is 4. The number of aromatic nitrogens is 2. The zero-order valence-electron chi connectivity index (χ0n) is 15.5. The second-order valence-electron chi connectivity index (χ2n) is 6.80. The highest BCUT2D eigenvalue weighted by molar-refractivity contribution is 7.98. The van der Waals surface area contributed by atoms with Gasteiger partial charge in [0.2, 0.25) is 5.91 Å². The summed E-state index contributed by atoms with van der Waals surface area (Å²) in [4.78, 5) is 29.5. The van der Waals surface area contributed by atoms with Crippen LogP contribution in [0.4, 0.5) is 10.2 Å². The second kappa shape index (κ2) is 8.00. The topological polar surface area (TPSA) is 64.0 Å². The summed E-state index contributed by atoms with van der Waals surface area (Å²) in [6.45, 7) is 0. The second-order valence-corrected chi connectivity index (χ2v) is 8.17. The molecule has 1 unspecified atom stereocenters. The Labute approximate surface area is 175 Å². The smallest absolute Gasteiger partial charge is 0.279 e. The van der Waals surface area contributed by atoms with Crippen LogP contribution in [0.15, 0.2) is 58.5 Å². The zero-order chi connectivity index (χ0) is 20.5. The number of fused-ring (bicyclic) bond motifs is 1. The number of anilines is 1. The normalized spacial score (nSPS) is 15.7. The fraction of sp³-hybridized carbons (Fsp3) is 0.190. The Kier molecular flexibility index (Phi) is 5.43. The molecule has 2 aromatic carbocycles. The molecular weight excluding hydrogens is 413 g/mol. The average Bonchev–Trinajstić information content (AvgIpc) is 2.69. The van der Waals surface area contributed by atoms with Crippen LogP contribution in [0.2, 0.25) is 5.02 Å². The van der Waals surface area contributed by atoms with E-state index < -0.39 is 5.92 Å². The van der Waals surface area contributed by atoms with Crippen molar-refractivity contribution in [2.75, 3.05) is 5.32 Å². The molecule has 29 heavy (non-hydrogen) atoms. The molecule has 0 spiro atoms. The van der Waals surface area contributed by atoms with Gasteiger partial charge < -0.3 is 9.88 Å². The summed E-state index contributed by atoms with van der Waals surface area (Å²) in [5.41, 5.74) is 1.75. The highest BCUT2D eigenvalue weighted by Crippen LogP contribution is 2.36. The first-order valence-corrected chi connectivity index (χ1v) is 10.3. The number of amides is 1. The molecule has 0 aliphatic carbocycles. The Morgan fingerprint density at radius 2 is 2.00 bits per heavy atom. The molecule has 0 fully saturated rings. The number of carbonyl (C=O) groups is 1. The Bertz CT molecular complexity index is 1150. The molecule has 1 atom stereocenters. The molecule has 3 aromatic rings. The Balaban J connectivity index is 1.71. The molecule has 0 saturated carbocycles. The summed E-state index contributed by atoms with van der Waals surface area (Å²) in [6, 6.07) is 13.3. The quantitative estimate of drug-likeness (QED) is 0.495. The van der Waals surface area contributed by atoms with Gasteiger partial charge in [-0.15, -0.1) is 0 Å². The molecule has 1 amide bonds. The van der Waals surface area contributed by atoms with Crippen molar-refractivity contribution in [1.82, 2.24) is 9.55 Å². The predicted octanol–water partition coefficient (Wildman–Crippen LogP) is 4.34. The number of rotatable bonds is 4. The van der Waals surface area contributed by atoms with Gasteiger partial charge in [0.25, 0.3) is 5.56 Å². The van der Waals surface area contributed by atoms with E-state index in [0.29, 0.717) is 32.9 Å². The largest absolute Gasteiger partial charge is 0.312 e. The van der Waals surface area contributed by atoms with Crippen LogP contribution in [0.3, 0.4) is 0 Å². The Morgan fingerprint density at radius 3 is 2.72 bits per heavy atom. The maximum Gasteiger partial charge on any atom is 0.279 e. The van der Waals surface area contributed by atoms with E-state index in [1.54, 1.807) is 29.8 Å². The van der Waals surface area contributed by atoms with Crippen molar-refractivity contribution >= 4 is 35.1 Å². The lowest BCUT2D eigenvalue weighted by atomic mass is 9.87. The van der Waals surface area contributed by atoms with Crippen molar-refractivity contribution in [2.45, 2.75) is 23.2 Å². The van der Waals surface area contributed by atoms with Crippen LogP contribution in [-0.4, -0.2) is 15.5 Å². The van der Waals surface area contributed by atoms with E-state index in [2.05, 4.69) is 10.3 Å². The van der Waals surface area contributed by atoms with Crippen molar-refractivity contribution in [2.24, 2.45) is 7.05 Å². The van der Waals surface area contributed by atoms with Crippen molar-refractivity contribution in [3.63, 3.8) is 0 Å². The summed E-state index contributed by atoms with van der Waals surface area (Å²) >= 11 is 7.42. The molecular formula is C21H17ClFN3O2S. The Morgan fingerprint density at radius 1 is 1.24 bits per heavy atom. The molecule has 1 aromatic heterocycles. The summed E-state index contributed by atoms with van der Waals surface area (Å²) < 4.78 is 15.0. The average molecular weight is 430 g/mol. The maximum absolute atomic E-state index is 13.3. The van der Waals surface area contributed by atoms with Gasteiger partial charge in [0.1, 0.15) is 11.6 Å². The van der Waals surface area contributed by atoms with Crippen molar-refractivity contribution in [3.8, 4) is 0 Å². The van der Waals surface area contributed by atoms with Crippen LogP contribution in [-0.2, 0) is 17.6 Å². The van der Waals surface area contributed by atoms with Crippen LogP contribution in [0.1, 0.15) is 29.0 Å². The molecule has 148 valence electrons. The van der Waals surface area contributed by atoms with Gasteiger partial charge in [0, 0.05) is 30.2 Å². The molecule has 0 saturated heterocycles. The van der Waals surface area contributed by atoms with E-state index in [1.165, 1.54) is 23.9 Å². The van der Waals surface area contributed by atoms with Crippen molar-refractivity contribution in [3.05, 3.63) is 86.4 Å². The number of nitrogens with one attached hydrogen (secondary N) is 1. The van der Waals surface area contributed by atoms with E-state index in [9.17, 15) is 14.0 Å². The fourth-order valence-corrected chi connectivity index (χ4v) is 4.54. The summed E-state index contributed by atoms with van der Waals surface area (Å²) in [5, 5.41) is 3.94. The zero-order valence-corrected chi connectivity index (χ0v) is 17.1. The minimum Gasteiger partial charge on any atom is -0.312 e.